The molecule has 2 aromatic rings. The number of thiocarbonyl (C=S) groups is 1. The predicted molar refractivity (Wildman–Crippen MR) is 121 cm³/mol. The zero-order valence-electron chi connectivity index (χ0n) is 16.2. The third-order valence-corrected chi connectivity index (χ3v) is 6.33. The molecule has 8 nitrogen and oxygen atoms in total. The topological polar surface area (TPSA) is 96.2 Å². The lowest BCUT2D eigenvalue weighted by atomic mass is 10.2. The fraction of sp³-hybridized carbons (Fsp3) is 0.400. The Kier molecular flexibility index (Phi) is 6.47. The summed E-state index contributed by atoms with van der Waals surface area (Å²) in [6.45, 7) is 1.61. The second-order valence-electron chi connectivity index (χ2n) is 7.04. The molecule has 0 aliphatic carbocycles. The molecule has 0 radical (unpaired) electrons. The largest absolute Gasteiger partial charge is 0.396 e. The fourth-order valence-electron chi connectivity index (χ4n) is 3.43. The number of hydrogen-bond acceptors (Lipinski definition) is 8. The van der Waals surface area contributed by atoms with Crippen molar-refractivity contribution < 1.29 is 14.6 Å². The molecule has 2 aliphatic heterocycles. The molecule has 10 heteroatoms. The monoisotopic (exact) mass is 446 g/mol. The minimum Gasteiger partial charge on any atom is -0.396 e. The number of aliphatic hydroxyl groups is 1. The Bertz CT molecular complexity index is 1060. The van der Waals surface area contributed by atoms with Crippen molar-refractivity contribution in [1.29, 1.82) is 0 Å². The van der Waals surface area contributed by atoms with Crippen LogP contribution in [0.1, 0.15) is 24.8 Å². The van der Waals surface area contributed by atoms with E-state index in [9.17, 15) is 9.59 Å². The average molecular weight is 447 g/mol. The summed E-state index contributed by atoms with van der Waals surface area (Å²) in [4.78, 5) is 32.6. The molecule has 158 valence electrons. The van der Waals surface area contributed by atoms with E-state index in [1.807, 2.05) is 0 Å². The van der Waals surface area contributed by atoms with E-state index in [0.29, 0.717) is 46.8 Å². The first-order valence-corrected chi connectivity index (χ1v) is 11.0. The third kappa shape index (κ3) is 4.27. The van der Waals surface area contributed by atoms with Crippen molar-refractivity contribution in [1.82, 2.24) is 14.3 Å². The standard InChI is InChI=1S/C20H22N4O4S2/c25-9-4-7-21-17-14(18(26)23-8-2-1-6-16(23)22-17)11-15-19(27)24(20(29)30-15)12-13-5-3-10-28-13/h1-2,6,8,11,13,21,25H,3-5,7,9-10,12H2/b15-11+/t13-/m0/s1. The van der Waals surface area contributed by atoms with E-state index in [4.69, 9.17) is 22.1 Å². The van der Waals surface area contributed by atoms with E-state index < -0.39 is 0 Å². The highest BCUT2D eigenvalue weighted by atomic mass is 32.2. The van der Waals surface area contributed by atoms with E-state index in [1.165, 1.54) is 16.2 Å². The van der Waals surface area contributed by atoms with Crippen LogP contribution < -0.4 is 10.9 Å². The van der Waals surface area contributed by atoms with Gasteiger partial charge in [0.1, 0.15) is 15.8 Å². The van der Waals surface area contributed by atoms with Crippen molar-refractivity contribution in [2.24, 2.45) is 0 Å². The molecule has 2 fully saturated rings. The number of aromatic nitrogens is 2. The van der Waals surface area contributed by atoms with Gasteiger partial charge in [-0.05, 0) is 37.5 Å². The Morgan fingerprint density at radius 2 is 2.27 bits per heavy atom. The number of nitrogens with one attached hydrogen (secondary N) is 1. The van der Waals surface area contributed by atoms with Crippen molar-refractivity contribution in [2.45, 2.75) is 25.4 Å². The van der Waals surface area contributed by atoms with E-state index in [2.05, 4.69) is 10.3 Å². The molecule has 30 heavy (non-hydrogen) atoms. The molecule has 1 atom stereocenters. The van der Waals surface area contributed by atoms with Gasteiger partial charge in [0.2, 0.25) is 0 Å². The van der Waals surface area contributed by atoms with E-state index >= 15 is 0 Å². The van der Waals surface area contributed by atoms with Crippen LogP contribution in [0, 0.1) is 0 Å². The maximum absolute atomic E-state index is 13.1. The van der Waals surface area contributed by atoms with E-state index in [1.54, 1.807) is 35.4 Å². The smallest absolute Gasteiger partial charge is 0.267 e. The van der Waals surface area contributed by atoms with E-state index in [-0.39, 0.29) is 29.7 Å². The van der Waals surface area contributed by atoms with Gasteiger partial charge in [0.05, 0.1) is 23.1 Å². The van der Waals surface area contributed by atoms with Gasteiger partial charge in [0, 0.05) is 26.0 Å². The molecular formula is C20H22N4O4S2. The number of ether oxygens (including phenoxy) is 1. The summed E-state index contributed by atoms with van der Waals surface area (Å²) in [6, 6.07) is 5.29. The number of hydrogen-bond donors (Lipinski definition) is 2. The molecule has 0 aromatic carbocycles. The Morgan fingerprint density at radius 1 is 1.40 bits per heavy atom. The van der Waals surface area contributed by atoms with Crippen LogP contribution in [0.2, 0.25) is 0 Å². The minimum absolute atomic E-state index is 0.00415. The highest BCUT2D eigenvalue weighted by molar-refractivity contribution is 8.26. The summed E-state index contributed by atoms with van der Waals surface area (Å²) < 4.78 is 7.53. The number of nitrogens with zero attached hydrogens (tertiary/aromatic N) is 3. The molecule has 0 spiro atoms. The highest BCUT2D eigenvalue weighted by Gasteiger charge is 2.35. The predicted octanol–water partition coefficient (Wildman–Crippen LogP) is 1.87. The van der Waals surface area contributed by atoms with Gasteiger partial charge in [-0.1, -0.05) is 30.0 Å². The van der Waals surface area contributed by atoms with Crippen molar-refractivity contribution in [3.05, 3.63) is 45.2 Å². The van der Waals surface area contributed by atoms with Crippen LogP contribution in [0.25, 0.3) is 11.7 Å². The lowest BCUT2D eigenvalue weighted by molar-refractivity contribution is -0.123. The third-order valence-electron chi connectivity index (χ3n) is 4.96. The van der Waals surface area contributed by atoms with Crippen molar-refractivity contribution in [2.75, 3.05) is 31.6 Å². The quantitative estimate of drug-likeness (QED) is 0.378. The van der Waals surface area contributed by atoms with Crippen molar-refractivity contribution in [3.63, 3.8) is 0 Å². The molecule has 1 amide bonds. The number of fused-ring (bicyclic) bond motifs is 1. The second-order valence-corrected chi connectivity index (χ2v) is 8.72. The summed E-state index contributed by atoms with van der Waals surface area (Å²) in [5, 5.41) is 12.2. The molecule has 0 saturated carbocycles. The Hall–Kier alpha value is -2.27. The van der Waals surface area contributed by atoms with Gasteiger partial charge in [-0.2, -0.15) is 0 Å². The van der Waals surface area contributed by atoms with Crippen molar-refractivity contribution >= 4 is 51.7 Å². The van der Waals surface area contributed by atoms with Gasteiger partial charge >= 0.3 is 0 Å². The van der Waals surface area contributed by atoms with Crippen LogP contribution in [0.5, 0.6) is 0 Å². The lowest BCUT2D eigenvalue weighted by Crippen LogP contribution is -2.35. The van der Waals surface area contributed by atoms with Gasteiger partial charge in [-0.25, -0.2) is 4.98 Å². The Balaban J connectivity index is 1.69. The minimum atomic E-state index is -0.281. The normalized spacial score (nSPS) is 20.6. The van der Waals surface area contributed by atoms with Gasteiger partial charge in [-0.15, -0.1) is 0 Å². The summed E-state index contributed by atoms with van der Waals surface area (Å²) in [7, 11) is 0. The number of aliphatic hydroxyl groups excluding tert-OH is 1. The second kappa shape index (κ2) is 9.25. The Morgan fingerprint density at radius 3 is 3.03 bits per heavy atom. The van der Waals surface area contributed by atoms with Gasteiger partial charge in [-0.3, -0.25) is 18.9 Å². The molecule has 2 saturated heterocycles. The highest BCUT2D eigenvalue weighted by Crippen LogP contribution is 2.34. The summed E-state index contributed by atoms with van der Waals surface area (Å²) in [6.07, 6.45) is 5.60. The zero-order valence-corrected chi connectivity index (χ0v) is 17.9. The van der Waals surface area contributed by atoms with Crippen LogP contribution in [0.3, 0.4) is 0 Å². The van der Waals surface area contributed by atoms with Gasteiger partial charge in [0.15, 0.2) is 0 Å². The molecular weight excluding hydrogens is 424 g/mol. The van der Waals surface area contributed by atoms with Gasteiger partial charge in [0.25, 0.3) is 11.5 Å². The maximum atomic E-state index is 13.1. The Labute approximate surface area is 182 Å². The average Bonchev–Trinajstić information content (AvgIpc) is 3.35. The molecule has 4 rings (SSSR count). The zero-order chi connectivity index (χ0) is 21.1. The number of carbonyl (C=O) groups excluding carboxylic acids is 1. The molecule has 2 aromatic heterocycles. The first-order valence-electron chi connectivity index (χ1n) is 9.81. The number of carbonyl (C=O) groups is 1. The van der Waals surface area contributed by atoms with Gasteiger partial charge < -0.3 is 15.2 Å². The first-order chi connectivity index (χ1) is 14.6. The number of rotatable bonds is 7. The SMILES string of the molecule is O=C1/C(=C\c2c(NCCCO)nc3ccccn3c2=O)SC(=S)N1C[C@@H]1CCCO1. The molecule has 0 bridgehead atoms. The number of anilines is 1. The van der Waals surface area contributed by atoms with Crippen LogP contribution in [0.4, 0.5) is 5.82 Å². The fourth-order valence-corrected chi connectivity index (χ4v) is 4.69. The molecule has 4 heterocycles. The molecule has 0 unspecified atom stereocenters. The van der Waals surface area contributed by atoms with Crippen LogP contribution >= 0.6 is 24.0 Å². The molecule has 2 aliphatic rings. The van der Waals surface area contributed by atoms with Crippen LogP contribution in [-0.4, -0.2) is 62.0 Å². The number of pyridine rings is 1. The summed E-state index contributed by atoms with van der Waals surface area (Å²) >= 11 is 6.58. The number of amides is 1. The van der Waals surface area contributed by atoms with E-state index in [0.717, 1.165) is 12.8 Å². The number of thioether (sulfide) groups is 1. The first kappa shape index (κ1) is 21.0. The molecule has 2 N–H and O–H groups in total. The maximum Gasteiger partial charge on any atom is 0.267 e. The van der Waals surface area contributed by atoms with Crippen LogP contribution in [0.15, 0.2) is 34.1 Å². The van der Waals surface area contributed by atoms with Crippen LogP contribution in [-0.2, 0) is 9.53 Å². The summed E-state index contributed by atoms with van der Waals surface area (Å²) in [5.41, 5.74) is 0.503. The lowest BCUT2D eigenvalue weighted by Gasteiger charge is -2.18. The van der Waals surface area contributed by atoms with Crippen molar-refractivity contribution in [3.8, 4) is 0 Å². The summed E-state index contributed by atoms with van der Waals surface area (Å²) in [5.74, 6) is 0.156.